The van der Waals surface area contributed by atoms with Gasteiger partial charge in [-0.3, -0.25) is 0 Å². The Balaban J connectivity index is 2.31. The zero-order chi connectivity index (χ0) is 13.8. The van der Waals surface area contributed by atoms with Crippen LogP contribution in [0.15, 0.2) is 29.4 Å². The van der Waals surface area contributed by atoms with Gasteiger partial charge in [0.25, 0.3) is 0 Å². The Hall–Kier alpha value is -1.84. The third-order valence-electron chi connectivity index (χ3n) is 2.22. The van der Waals surface area contributed by atoms with Crippen molar-refractivity contribution < 1.29 is 4.39 Å². The maximum atomic E-state index is 13.2. The summed E-state index contributed by atoms with van der Waals surface area (Å²) in [5.41, 5.74) is 0.523. The summed E-state index contributed by atoms with van der Waals surface area (Å²) in [6.07, 6.45) is 1.83. The zero-order valence-electron chi connectivity index (χ0n) is 9.82. The third kappa shape index (κ3) is 3.34. The second-order valence-corrected chi connectivity index (χ2v) is 4.65. The second kappa shape index (κ2) is 5.87. The van der Waals surface area contributed by atoms with Crippen LogP contribution in [0.3, 0.4) is 0 Å². The minimum absolute atomic E-state index is 0.0322. The quantitative estimate of drug-likeness (QED) is 0.532. The Labute approximate surface area is 118 Å². The number of nitriles is 1. The van der Waals surface area contributed by atoms with Crippen LogP contribution >= 0.6 is 23.4 Å². The van der Waals surface area contributed by atoms with E-state index in [1.165, 1.54) is 30.0 Å². The number of nitrogens with zero attached hydrogens (tertiary/aromatic N) is 3. The van der Waals surface area contributed by atoms with Gasteiger partial charge in [0, 0.05) is 11.8 Å². The highest BCUT2D eigenvalue weighted by molar-refractivity contribution is 7.98. The number of benzene rings is 1. The van der Waals surface area contributed by atoms with E-state index in [1.807, 2.05) is 6.26 Å². The molecule has 0 saturated carbocycles. The molecule has 0 atom stereocenters. The Kier molecular flexibility index (Phi) is 4.20. The number of rotatable bonds is 3. The van der Waals surface area contributed by atoms with Crippen LogP contribution in [0.2, 0.25) is 5.15 Å². The summed E-state index contributed by atoms with van der Waals surface area (Å²) < 4.78 is 13.2. The van der Waals surface area contributed by atoms with Crippen molar-refractivity contribution in [1.29, 1.82) is 5.26 Å². The van der Waals surface area contributed by atoms with Gasteiger partial charge in [0.15, 0.2) is 5.16 Å². The van der Waals surface area contributed by atoms with Gasteiger partial charge >= 0.3 is 0 Å². The lowest BCUT2D eigenvalue weighted by molar-refractivity contribution is 0.624. The lowest BCUT2D eigenvalue weighted by atomic mass is 10.2. The fourth-order valence-corrected chi connectivity index (χ4v) is 2.00. The summed E-state index contributed by atoms with van der Waals surface area (Å²) in [7, 11) is 0. The number of halogens is 2. The molecule has 0 fully saturated rings. The maximum absolute atomic E-state index is 13.2. The number of aromatic nitrogens is 2. The summed E-state index contributed by atoms with van der Waals surface area (Å²) in [5.74, 6) is -0.0709. The molecular formula is C12H8ClFN4S. The van der Waals surface area contributed by atoms with Crippen LogP contribution in [0.25, 0.3) is 0 Å². The number of thioether (sulfide) groups is 1. The highest BCUT2D eigenvalue weighted by Crippen LogP contribution is 2.22. The van der Waals surface area contributed by atoms with Gasteiger partial charge in [0.1, 0.15) is 22.9 Å². The summed E-state index contributed by atoms with van der Waals surface area (Å²) in [6.45, 7) is 0. The van der Waals surface area contributed by atoms with E-state index >= 15 is 0 Å². The fourth-order valence-electron chi connectivity index (χ4n) is 1.39. The van der Waals surface area contributed by atoms with E-state index in [0.717, 1.165) is 0 Å². The molecule has 0 aliphatic rings. The van der Waals surface area contributed by atoms with Crippen LogP contribution < -0.4 is 5.32 Å². The van der Waals surface area contributed by atoms with Crippen molar-refractivity contribution in [2.24, 2.45) is 0 Å². The zero-order valence-corrected chi connectivity index (χ0v) is 11.4. The van der Waals surface area contributed by atoms with Crippen LogP contribution in [0.1, 0.15) is 5.56 Å². The Morgan fingerprint density at radius 2 is 2.16 bits per heavy atom. The van der Waals surface area contributed by atoms with E-state index in [2.05, 4.69) is 15.3 Å². The molecule has 1 heterocycles. The van der Waals surface area contributed by atoms with Crippen LogP contribution in [0.5, 0.6) is 0 Å². The van der Waals surface area contributed by atoms with Crippen LogP contribution in [-0.4, -0.2) is 16.2 Å². The van der Waals surface area contributed by atoms with E-state index in [1.54, 1.807) is 12.1 Å². The number of anilines is 2. The molecule has 0 amide bonds. The molecule has 0 radical (unpaired) electrons. The minimum atomic E-state index is -0.557. The predicted molar refractivity (Wildman–Crippen MR) is 73.2 cm³/mol. The van der Waals surface area contributed by atoms with Gasteiger partial charge in [0.05, 0.1) is 5.56 Å². The average Bonchev–Trinajstić information content (AvgIpc) is 2.40. The highest BCUT2D eigenvalue weighted by atomic mass is 35.5. The van der Waals surface area contributed by atoms with Crippen LogP contribution in [-0.2, 0) is 0 Å². The number of hydrogen-bond acceptors (Lipinski definition) is 5. The first kappa shape index (κ1) is 13.6. The van der Waals surface area contributed by atoms with Crippen molar-refractivity contribution in [1.82, 2.24) is 9.97 Å². The first-order valence-electron chi connectivity index (χ1n) is 5.17. The topological polar surface area (TPSA) is 61.6 Å². The smallest absolute Gasteiger partial charge is 0.190 e. The van der Waals surface area contributed by atoms with E-state index in [9.17, 15) is 4.39 Å². The molecule has 19 heavy (non-hydrogen) atoms. The average molecular weight is 295 g/mol. The van der Waals surface area contributed by atoms with Crippen LogP contribution in [0.4, 0.5) is 15.9 Å². The van der Waals surface area contributed by atoms with Gasteiger partial charge in [-0.1, -0.05) is 23.4 Å². The summed E-state index contributed by atoms with van der Waals surface area (Å²) in [6, 6.07) is 7.48. The van der Waals surface area contributed by atoms with Crippen molar-refractivity contribution in [3.8, 4) is 6.07 Å². The minimum Gasteiger partial charge on any atom is -0.340 e. The first-order valence-corrected chi connectivity index (χ1v) is 6.78. The van der Waals surface area contributed by atoms with Crippen molar-refractivity contribution >= 4 is 34.9 Å². The van der Waals surface area contributed by atoms with E-state index in [4.69, 9.17) is 16.9 Å². The van der Waals surface area contributed by atoms with Crippen molar-refractivity contribution in [2.45, 2.75) is 5.16 Å². The van der Waals surface area contributed by atoms with Crippen LogP contribution in [0, 0.1) is 17.1 Å². The SMILES string of the molecule is CSc1nc(Cl)cc(Nc2ccc(F)c(C#N)c2)n1. The molecule has 4 nitrogen and oxygen atoms in total. The Morgan fingerprint density at radius 1 is 1.37 bits per heavy atom. The number of hydrogen-bond donors (Lipinski definition) is 1. The van der Waals surface area contributed by atoms with E-state index < -0.39 is 5.82 Å². The third-order valence-corrected chi connectivity index (χ3v) is 2.96. The Morgan fingerprint density at radius 3 is 2.84 bits per heavy atom. The molecule has 0 aliphatic carbocycles. The summed E-state index contributed by atoms with van der Waals surface area (Å²) >= 11 is 7.22. The fraction of sp³-hybridized carbons (Fsp3) is 0.0833. The molecule has 2 rings (SSSR count). The molecule has 2 aromatic rings. The van der Waals surface area contributed by atoms with Gasteiger partial charge in [0.2, 0.25) is 0 Å². The van der Waals surface area contributed by atoms with E-state index in [-0.39, 0.29) is 5.56 Å². The molecule has 0 aliphatic heterocycles. The largest absolute Gasteiger partial charge is 0.340 e. The lowest BCUT2D eigenvalue weighted by Crippen LogP contribution is -1.97. The van der Waals surface area contributed by atoms with Crippen molar-refractivity contribution in [3.05, 3.63) is 40.8 Å². The molecular weight excluding hydrogens is 287 g/mol. The molecule has 0 saturated heterocycles. The normalized spacial score (nSPS) is 10.0. The molecule has 1 N–H and O–H groups in total. The summed E-state index contributed by atoms with van der Waals surface area (Å²) in [5, 5.41) is 12.6. The van der Waals surface area contributed by atoms with Gasteiger partial charge in [-0.05, 0) is 24.5 Å². The molecule has 0 bridgehead atoms. The van der Waals surface area contributed by atoms with Gasteiger partial charge in [-0.15, -0.1) is 0 Å². The number of nitrogens with one attached hydrogen (secondary N) is 1. The maximum Gasteiger partial charge on any atom is 0.190 e. The van der Waals surface area contributed by atoms with Crippen molar-refractivity contribution in [3.63, 3.8) is 0 Å². The second-order valence-electron chi connectivity index (χ2n) is 3.49. The molecule has 7 heteroatoms. The predicted octanol–water partition coefficient (Wildman–Crippen LogP) is 3.61. The lowest BCUT2D eigenvalue weighted by Gasteiger charge is -2.07. The molecule has 96 valence electrons. The Bertz CT molecular complexity index is 657. The standard InChI is InChI=1S/C12H8ClFN4S/c1-19-12-17-10(13)5-11(18-12)16-8-2-3-9(14)7(4-8)6-15/h2-5H,1H3,(H,16,17,18). The molecule has 0 unspecified atom stereocenters. The van der Waals surface area contributed by atoms with Gasteiger partial charge in [-0.2, -0.15) is 5.26 Å². The highest BCUT2D eigenvalue weighted by Gasteiger charge is 2.06. The summed E-state index contributed by atoms with van der Waals surface area (Å²) in [4.78, 5) is 8.21. The molecule has 1 aromatic heterocycles. The van der Waals surface area contributed by atoms with Gasteiger partial charge in [-0.25, -0.2) is 14.4 Å². The van der Waals surface area contributed by atoms with Gasteiger partial charge < -0.3 is 5.32 Å². The first-order chi connectivity index (χ1) is 9.12. The molecule has 0 spiro atoms. The molecule has 1 aromatic carbocycles. The van der Waals surface area contributed by atoms with E-state index in [0.29, 0.717) is 21.8 Å². The van der Waals surface area contributed by atoms with Crippen molar-refractivity contribution in [2.75, 3.05) is 11.6 Å². The monoisotopic (exact) mass is 294 g/mol.